The number of hydrogen-bond acceptors (Lipinski definition) is 0. The van der Waals surface area contributed by atoms with Gasteiger partial charge in [0, 0.05) is 27.0 Å². The van der Waals surface area contributed by atoms with Gasteiger partial charge in [-0.1, -0.05) is 117 Å². The van der Waals surface area contributed by atoms with E-state index in [0.29, 0.717) is 0 Å². The van der Waals surface area contributed by atoms with Crippen LogP contribution in [-0.2, 0) is 11.8 Å². The van der Waals surface area contributed by atoms with E-state index in [2.05, 4.69) is 156 Å². The topological polar surface area (TPSA) is 9.86 Å². The molecule has 1 aliphatic rings. The molecule has 0 unspecified atom stereocenters. The number of fused-ring (bicyclic) bond motifs is 8. The third-order valence-corrected chi connectivity index (χ3v) is 9.56. The van der Waals surface area contributed by atoms with Crippen LogP contribution in [0.5, 0.6) is 0 Å². The van der Waals surface area contributed by atoms with Crippen LogP contribution in [0.15, 0.2) is 133 Å². The number of para-hydroxylation sites is 4. The number of rotatable bonds is 2. The number of nitrogens with zero attached hydrogens (tertiary/aromatic N) is 2. The van der Waals surface area contributed by atoms with Crippen molar-refractivity contribution in [1.82, 2.24) is 9.13 Å². The molecule has 42 heavy (non-hydrogen) atoms. The quantitative estimate of drug-likeness (QED) is 0.207. The van der Waals surface area contributed by atoms with Crippen LogP contribution in [0.1, 0.15) is 36.1 Å². The first-order valence-electron chi connectivity index (χ1n) is 14.8. The lowest BCUT2D eigenvalue weighted by Gasteiger charge is -2.38. The van der Waals surface area contributed by atoms with E-state index in [9.17, 15) is 0 Å². The van der Waals surface area contributed by atoms with Crippen molar-refractivity contribution in [2.24, 2.45) is 0 Å². The predicted molar refractivity (Wildman–Crippen MR) is 176 cm³/mol. The summed E-state index contributed by atoms with van der Waals surface area (Å²) in [5.74, 6) is 0. The monoisotopic (exact) mass is 538 g/mol. The Labute approximate surface area is 245 Å². The van der Waals surface area contributed by atoms with Gasteiger partial charge < -0.3 is 9.13 Å². The second kappa shape index (κ2) is 8.47. The van der Waals surface area contributed by atoms with Gasteiger partial charge in [0.2, 0.25) is 0 Å². The second-order valence-electron chi connectivity index (χ2n) is 12.2. The van der Waals surface area contributed by atoms with E-state index in [1.54, 1.807) is 0 Å². The number of benzene rings is 6. The molecular formula is C40H30N2. The number of aromatic nitrogens is 2. The second-order valence-corrected chi connectivity index (χ2v) is 12.2. The Balaban J connectivity index is 1.52. The van der Waals surface area contributed by atoms with E-state index in [1.165, 1.54) is 77.2 Å². The normalized spacial score (nSPS) is 14.0. The highest BCUT2D eigenvalue weighted by atomic mass is 15.1. The van der Waals surface area contributed by atoms with Gasteiger partial charge in [-0.15, -0.1) is 0 Å². The highest BCUT2D eigenvalue weighted by molar-refractivity contribution is 6.11. The molecule has 0 saturated heterocycles. The van der Waals surface area contributed by atoms with Gasteiger partial charge in [-0.05, 0) is 59.0 Å². The van der Waals surface area contributed by atoms with Crippen LogP contribution >= 0.6 is 0 Å². The van der Waals surface area contributed by atoms with Gasteiger partial charge >= 0.3 is 0 Å². The fourth-order valence-electron chi connectivity index (χ4n) is 7.84. The zero-order valence-corrected chi connectivity index (χ0v) is 23.8. The average molecular weight is 539 g/mol. The Morgan fingerprint density at radius 2 is 0.905 bits per heavy atom. The molecule has 200 valence electrons. The summed E-state index contributed by atoms with van der Waals surface area (Å²) < 4.78 is 5.05. The average Bonchev–Trinajstić information content (AvgIpc) is 3.54. The third kappa shape index (κ3) is 3.04. The molecular weight excluding hydrogens is 508 g/mol. The first kappa shape index (κ1) is 23.6. The lowest BCUT2D eigenvalue weighted by molar-refractivity contribution is 0.606. The fourth-order valence-corrected chi connectivity index (χ4v) is 7.84. The summed E-state index contributed by atoms with van der Waals surface area (Å²) >= 11 is 0. The van der Waals surface area contributed by atoms with Crippen LogP contribution in [0.4, 0.5) is 0 Å². The molecule has 0 fully saturated rings. The summed E-state index contributed by atoms with van der Waals surface area (Å²) in [5.41, 5.74) is 12.9. The molecule has 2 nitrogen and oxygen atoms in total. The Bertz CT molecular complexity index is 2260. The predicted octanol–water partition coefficient (Wildman–Crippen LogP) is 10.1. The molecule has 2 heterocycles. The number of hydrogen-bond donors (Lipinski definition) is 0. The van der Waals surface area contributed by atoms with E-state index in [-0.39, 0.29) is 5.41 Å². The summed E-state index contributed by atoms with van der Waals surface area (Å²) in [6.07, 6.45) is 0.937. The van der Waals surface area contributed by atoms with Gasteiger partial charge in [-0.25, -0.2) is 0 Å². The van der Waals surface area contributed by atoms with Gasteiger partial charge in [0.25, 0.3) is 0 Å². The Morgan fingerprint density at radius 1 is 0.452 bits per heavy atom. The zero-order chi connectivity index (χ0) is 28.0. The van der Waals surface area contributed by atoms with E-state index < -0.39 is 0 Å². The van der Waals surface area contributed by atoms with Crippen LogP contribution in [0.25, 0.3) is 55.0 Å². The Kier molecular flexibility index (Phi) is 4.76. The van der Waals surface area contributed by atoms with Crippen LogP contribution in [-0.4, -0.2) is 9.13 Å². The standard InChI is InChI=1S/C40H30N2/c1-40(2)32-18-8-3-13-26(32)25-27-23-24-37(41-33-19-9-4-14-28(33)29-15-5-10-20-34(29)41)39(38(27)40)42-35-21-11-6-16-30(35)31-17-7-12-22-36(31)42/h3-24H,25H2,1-2H3. The van der Waals surface area contributed by atoms with Crippen molar-refractivity contribution in [2.45, 2.75) is 25.7 Å². The maximum atomic E-state index is 2.55. The highest BCUT2D eigenvalue weighted by Crippen LogP contribution is 2.48. The summed E-state index contributed by atoms with van der Waals surface area (Å²) in [4.78, 5) is 0. The molecule has 0 radical (unpaired) electrons. The molecule has 0 saturated carbocycles. The molecule has 1 aliphatic carbocycles. The minimum Gasteiger partial charge on any atom is -0.307 e. The Morgan fingerprint density at radius 3 is 1.45 bits per heavy atom. The lowest BCUT2D eigenvalue weighted by atomic mass is 9.68. The molecule has 0 amide bonds. The summed E-state index contributed by atoms with van der Waals surface area (Å²) in [6, 6.07) is 49.2. The zero-order valence-electron chi connectivity index (χ0n) is 23.8. The van der Waals surface area contributed by atoms with Crippen molar-refractivity contribution in [3.05, 3.63) is 156 Å². The molecule has 6 aromatic carbocycles. The highest BCUT2D eigenvalue weighted by Gasteiger charge is 2.37. The Hall–Kier alpha value is -5.08. The lowest BCUT2D eigenvalue weighted by Crippen LogP contribution is -2.29. The van der Waals surface area contributed by atoms with Crippen LogP contribution in [0, 0.1) is 0 Å². The van der Waals surface area contributed by atoms with Crippen molar-refractivity contribution in [2.75, 3.05) is 0 Å². The van der Waals surface area contributed by atoms with Crippen molar-refractivity contribution >= 4 is 43.6 Å². The molecule has 0 spiro atoms. The van der Waals surface area contributed by atoms with Gasteiger partial charge in [-0.2, -0.15) is 0 Å². The van der Waals surface area contributed by atoms with Crippen LogP contribution in [0.2, 0.25) is 0 Å². The van der Waals surface area contributed by atoms with Crippen LogP contribution in [0.3, 0.4) is 0 Å². The molecule has 0 bridgehead atoms. The van der Waals surface area contributed by atoms with Crippen LogP contribution < -0.4 is 0 Å². The smallest absolute Gasteiger partial charge is 0.0746 e. The van der Waals surface area contributed by atoms with Gasteiger partial charge in [0.05, 0.1) is 33.4 Å². The van der Waals surface area contributed by atoms with Crippen molar-refractivity contribution in [3.63, 3.8) is 0 Å². The van der Waals surface area contributed by atoms with E-state index in [0.717, 1.165) is 6.42 Å². The summed E-state index contributed by atoms with van der Waals surface area (Å²) in [5, 5.41) is 5.13. The van der Waals surface area contributed by atoms with Crippen molar-refractivity contribution < 1.29 is 0 Å². The van der Waals surface area contributed by atoms with Crippen molar-refractivity contribution in [1.29, 1.82) is 0 Å². The van der Waals surface area contributed by atoms with Gasteiger partial charge in [-0.3, -0.25) is 0 Å². The maximum absolute atomic E-state index is 2.55. The fraction of sp³-hybridized carbons (Fsp3) is 0.100. The molecule has 0 atom stereocenters. The third-order valence-electron chi connectivity index (χ3n) is 9.56. The first-order chi connectivity index (χ1) is 20.6. The van der Waals surface area contributed by atoms with Gasteiger partial charge in [0.1, 0.15) is 0 Å². The van der Waals surface area contributed by atoms with E-state index >= 15 is 0 Å². The van der Waals surface area contributed by atoms with Gasteiger partial charge in [0.15, 0.2) is 0 Å². The SMILES string of the molecule is CC1(C)c2ccccc2Cc2ccc(-n3c4ccccc4c4ccccc43)c(-n3c4ccccc4c4ccccc43)c21. The molecule has 2 aromatic heterocycles. The molecule has 2 heteroatoms. The first-order valence-corrected chi connectivity index (χ1v) is 14.8. The summed E-state index contributed by atoms with van der Waals surface area (Å²) in [7, 11) is 0. The molecule has 9 rings (SSSR count). The molecule has 8 aromatic rings. The maximum Gasteiger partial charge on any atom is 0.0746 e. The molecule has 0 aliphatic heterocycles. The van der Waals surface area contributed by atoms with Crippen molar-refractivity contribution in [3.8, 4) is 11.4 Å². The van der Waals surface area contributed by atoms with E-state index in [1.807, 2.05) is 0 Å². The molecule has 0 N–H and O–H groups in total. The largest absolute Gasteiger partial charge is 0.307 e. The minimum absolute atomic E-state index is 0.194. The summed E-state index contributed by atoms with van der Waals surface area (Å²) in [6.45, 7) is 4.83. The van der Waals surface area contributed by atoms with E-state index in [4.69, 9.17) is 0 Å². The minimum atomic E-state index is -0.194.